The summed E-state index contributed by atoms with van der Waals surface area (Å²) in [5, 5.41) is 12.6. The van der Waals surface area contributed by atoms with Crippen molar-refractivity contribution in [3.63, 3.8) is 0 Å². The smallest absolute Gasteiger partial charge is 0.317 e. The number of nitrogens with zero attached hydrogens (tertiary/aromatic N) is 2. The highest BCUT2D eigenvalue weighted by Crippen LogP contribution is 2.19. The van der Waals surface area contributed by atoms with E-state index in [-0.39, 0.29) is 18.1 Å². The molecule has 2 heterocycles. The van der Waals surface area contributed by atoms with Crippen LogP contribution >= 0.6 is 0 Å². The van der Waals surface area contributed by atoms with Crippen molar-refractivity contribution in [1.82, 2.24) is 15.1 Å². The number of rotatable bonds is 5. The van der Waals surface area contributed by atoms with Gasteiger partial charge < -0.3 is 20.2 Å². The van der Waals surface area contributed by atoms with Gasteiger partial charge in [0, 0.05) is 32.1 Å². The van der Waals surface area contributed by atoms with Crippen molar-refractivity contribution >= 4 is 6.03 Å². The van der Waals surface area contributed by atoms with E-state index in [0.29, 0.717) is 6.54 Å². The number of hydrogen-bond donors (Lipinski definition) is 2. The molecule has 0 aromatic rings. The number of aliphatic hydroxyl groups excluding tert-OH is 1. The average Bonchev–Trinajstić information content (AvgIpc) is 2.93. The lowest BCUT2D eigenvalue weighted by molar-refractivity contribution is 0.129. The van der Waals surface area contributed by atoms with Crippen molar-refractivity contribution in [2.24, 2.45) is 11.8 Å². The molecule has 2 aliphatic heterocycles. The molecule has 5 nitrogen and oxygen atoms in total. The van der Waals surface area contributed by atoms with Gasteiger partial charge in [0.1, 0.15) is 0 Å². The van der Waals surface area contributed by atoms with Crippen LogP contribution in [0.5, 0.6) is 0 Å². The summed E-state index contributed by atoms with van der Waals surface area (Å²) in [6.07, 6.45) is 4.28. The molecule has 3 atom stereocenters. The van der Waals surface area contributed by atoms with E-state index in [1.54, 1.807) is 0 Å². The first-order valence-corrected chi connectivity index (χ1v) is 8.49. The number of likely N-dealkylation sites (tertiary alicyclic amines) is 2. The molecule has 2 aliphatic rings. The fourth-order valence-electron chi connectivity index (χ4n) is 3.47. The molecule has 0 aromatic heterocycles. The number of hydrogen-bond acceptors (Lipinski definition) is 3. The number of carbonyl (C=O) groups is 1. The molecule has 0 aliphatic carbocycles. The molecule has 2 N–H and O–H groups in total. The molecule has 2 fully saturated rings. The Kier molecular flexibility index (Phi) is 6.30. The zero-order valence-corrected chi connectivity index (χ0v) is 13.6. The van der Waals surface area contributed by atoms with Crippen molar-refractivity contribution in [3.8, 4) is 0 Å². The lowest BCUT2D eigenvalue weighted by atomic mass is 10.0. The van der Waals surface area contributed by atoms with Crippen molar-refractivity contribution in [3.05, 3.63) is 0 Å². The molecular weight excluding hydrogens is 266 g/mol. The summed E-state index contributed by atoms with van der Waals surface area (Å²) in [5.74, 6) is 1.06. The number of nitrogens with one attached hydrogen (secondary N) is 1. The molecule has 122 valence electrons. The Bertz CT molecular complexity index is 335. The number of carbonyl (C=O) groups excluding carboxylic acids is 1. The van der Waals surface area contributed by atoms with E-state index in [1.165, 1.54) is 25.9 Å². The Labute approximate surface area is 128 Å². The maximum atomic E-state index is 12.0. The lowest BCUT2D eigenvalue weighted by Gasteiger charge is -2.30. The molecule has 5 heteroatoms. The van der Waals surface area contributed by atoms with Gasteiger partial charge in [0.05, 0.1) is 6.10 Å². The first kappa shape index (κ1) is 16.6. The summed E-state index contributed by atoms with van der Waals surface area (Å²) < 4.78 is 0. The second-order valence-electron chi connectivity index (χ2n) is 6.87. The quantitative estimate of drug-likeness (QED) is 0.757. The molecule has 0 radical (unpaired) electrons. The minimum atomic E-state index is -0.316. The largest absolute Gasteiger partial charge is 0.393 e. The predicted octanol–water partition coefficient (Wildman–Crippen LogP) is 1.52. The van der Waals surface area contributed by atoms with Crippen LogP contribution in [0.4, 0.5) is 4.79 Å². The Morgan fingerprint density at radius 2 is 2.14 bits per heavy atom. The van der Waals surface area contributed by atoms with Crippen LogP contribution in [0.3, 0.4) is 0 Å². The van der Waals surface area contributed by atoms with E-state index in [4.69, 9.17) is 0 Å². The summed E-state index contributed by atoms with van der Waals surface area (Å²) in [4.78, 5) is 16.4. The van der Waals surface area contributed by atoms with E-state index in [2.05, 4.69) is 17.1 Å². The van der Waals surface area contributed by atoms with Crippen LogP contribution < -0.4 is 5.32 Å². The molecule has 0 saturated carbocycles. The van der Waals surface area contributed by atoms with Gasteiger partial charge in [-0.3, -0.25) is 0 Å². The number of piperidine rings is 1. The van der Waals surface area contributed by atoms with Crippen LogP contribution in [-0.2, 0) is 0 Å². The first-order valence-electron chi connectivity index (χ1n) is 8.49. The van der Waals surface area contributed by atoms with Crippen molar-refractivity contribution in [2.45, 2.75) is 45.6 Å². The molecule has 0 aromatic carbocycles. The van der Waals surface area contributed by atoms with Gasteiger partial charge in [0.2, 0.25) is 0 Å². The van der Waals surface area contributed by atoms with E-state index < -0.39 is 0 Å². The van der Waals surface area contributed by atoms with Gasteiger partial charge in [-0.05, 0) is 51.6 Å². The normalized spacial score (nSPS) is 28.6. The van der Waals surface area contributed by atoms with Crippen molar-refractivity contribution in [2.75, 3.05) is 39.3 Å². The lowest BCUT2D eigenvalue weighted by Crippen LogP contribution is -2.41. The van der Waals surface area contributed by atoms with Crippen LogP contribution in [0.1, 0.15) is 39.5 Å². The van der Waals surface area contributed by atoms with Gasteiger partial charge in [-0.15, -0.1) is 0 Å². The highest BCUT2D eigenvalue weighted by molar-refractivity contribution is 5.74. The van der Waals surface area contributed by atoms with Gasteiger partial charge in [-0.25, -0.2) is 4.79 Å². The van der Waals surface area contributed by atoms with Gasteiger partial charge >= 0.3 is 6.03 Å². The predicted molar refractivity (Wildman–Crippen MR) is 84.2 cm³/mol. The third kappa shape index (κ3) is 5.15. The molecule has 0 unspecified atom stereocenters. The number of amides is 2. The molecule has 0 spiro atoms. The van der Waals surface area contributed by atoms with Gasteiger partial charge in [-0.2, -0.15) is 0 Å². The second kappa shape index (κ2) is 7.99. The molecule has 2 rings (SSSR count). The Morgan fingerprint density at radius 1 is 1.33 bits per heavy atom. The fourth-order valence-corrected chi connectivity index (χ4v) is 3.47. The van der Waals surface area contributed by atoms with Gasteiger partial charge in [0.25, 0.3) is 0 Å². The molecule has 2 saturated heterocycles. The van der Waals surface area contributed by atoms with Crippen LogP contribution in [0.15, 0.2) is 0 Å². The van der Waals surface area contributed by atoms with Crippen molar-refractivity contribution in [1.29, 1.82) is 0 Å². The fraction of sp³-hybridized carbons (Fsp3) is 0.938. The van der Waals surface area contributed by atoms with E-state index in [9.17, 15) is 9.90 Å². The minimum absolute atomic E-state index is 0.0326. The van der Waals surface area contributed by atoms with Gasteiger partial charge in [0.15, 0.2) is 0 Å². The van der Waals surface area contributed by atoms with E-state index in [0.717, 1.165) is 38.4 Å². The zero-order valence-electron chi connectivity index (χ0n) is 13.6. The average molecular weight is 297 g/mol. The van der Waals surface area contributed by atoms with E-state index >= 15 is 0 Å². The topological polar surface area (TPSA) is 55.8 Å². The summed E-state index contributed by atoms with van der Waals surface area (Å²) in [6.45, 7) is 9.83. The second-order valence-corrected chi connectivity index (χ2v) is 6.87. The van der Waals surface area contributed by atoms with Crippen LogP contribution in [-0.4, -0.2) is 66.3 Å². The number of urea groups is 1. The highest BCUT2D eigenvalue weighted by atomic mass is 16.3. The number of aliphatic hydroxyl groups is 1. The molecule has 2 amide bonds. The first-order chi connectivity index (χ1) is 10.1. The van der Waals surface area contributed by atoms with Crippen LogP contribution in [0.2, 0.25) is 0 Å². The van der Waals surface area contributed by atoms with Gasteiger partial charge in [-0.1, -0.05) is 6.92 Å². The highest BCUT2D eigenvalue weighted by Gasteiger charge is 2.28. The Hall–Kier alpha value is -0.810. The standard InChI is InChI=1S/C16H31N3O2/c1-13-5-3-8-18(11-13)9-4-7-17-16(21)19-10-6-15(12-19)14(2)20/h13-15,20H,3-12H2,1-2H3,(H,17,21)/t13-,14+,15-/m1/s1. The minimum Gasteiger partial charge on any atom is -0.393 e. The maximum Gasteiger partial charge on any atom is 0.317 e. The third-order valence-corrected chi connectivity index (χ3v) is 4.86. The Morgan fingerprint density at radius 3 is 2.81 bits per heavy atom. The molecular formula is C16H31N3O2. The monoisotopic (exact) mass is 297 g/mol. The zero-order chi connectivity index (χ0) is 15.2. The summed E-state index contributed by atoms with van der Waals surface area (Å²) in [7, 11) is 0. The SMILES string of the molecule is C[C@@H]1CCCN(CCCNC(=O)N2CC[C@@H]([C@H](C)O)C2)C1. The van der Waals surface area contributed by atoms with Crippen LogP contribution in [0.25, 0.3) is 0 Å². The molecule has 21 heavy (non-hydrogen) atoms. The summed E-state index contributed by atoms with van der Waals surface area (Å²) in [5.41, 5.74) is 0. The maximum absolute atomic E-state index is 12.0. The Balaban J connectivity index is 1.57. The summed E-state index contributed by atoms with van der Waals surface area (Å²) in [6, 6.07) is 0.0326. The third-order valence-electron chi connectivity index (χ3n) is 4.86. The van der Waals surface area contributed by atoms with Crippen LogP contribution in [0, 0.1) is 11.8 Å². The van der Waals surface area contributed by atoms with E-state index in [1.807, 2.05) is 11.8 Å². The van der Waals surface area contributed by atoms with Crippen molar-refractivity contribution < 1.29 is 9.90 Å². The summed E-state index contributed by atoms with van der Waals surface area (Å²) >= 11 is 0. The molecule has 0 bridgehead atoms.